The lowest BCUT2D eigenvalue weighted by Crippen LogP contribution is -2.31. The van der Waals surface area contributed by atoms with Crippen molar-refractivity contribution in [3.8, 4) is 0 Å². The van der Waals surface area contributed by atoms with E-state index in [2.05, 4.69) is 26.1 Å². The zero-order valence-corrected chi connectivity index (χ0v) is 10.5. The summed E-state index contributed by atoms with van der Waals surface area (Å²) in [6, 6.07) is 2.30. The molecule has 1 aromatic rings. The molecule has 16 heavy (non-hydrogen) atoms. The Labute approximate surface area is 97.9 Å². The van der Waals surface area contributed by atoms with Crippen LogP contribution in [-0.4, -0.2) is 18.3 Å². The first-order valence-corrected chi connectivity index (χ1v) is 5.91. The van der Waals surface area contributed by atoms with Crippen molar-refractivity contribution in [2.45, 2.75) is 39.7 Å². The van der Waals surface area contributed by atoms with Crippen LogP contribution in [0.2, 0.25) is 0 Å². The minimum absolute atomic E-state index is 0.223. The molecule has 0 spiro atoms. The Kier molecular flexibility index (Phi) is 5.03. The van der Waals surface area contributed by atoms with E-state index in [0.29, 0.717) is 6.04 Å². The molecule has 0 amide bonds. The third kappa shape index (κ3) is 4.37. The standard InChI is InChI=1S/C13H23NO2/c1-11(12-5-8-16-9-12)14-10-13(2,3)6-4-7-15/h5,8-9,11,14-15H,4,6-7,10H2,1-3H3. The average molecular weight is 225 g/mol. The van der Waals surface area contributed by atoms with Gasteiger partial charge in [-0.05, 0) is 31.2 Å². The highest BCUT2D eigenvalue weighted by Crippen LogP contribution is 2.22. The maximum Gasteiger partial charge on any atom is 0.0950 e. The molecule has 3 heteroatoms. The van der Waals surface area contributed by atoms with E-state index in [1.165, 1.54) is 5.56 Å². The van der Waals surface area contributed by atoms with Gasteiger partial charge in [0, 0.05) is 24.8 Å². The van der Waals surface area contributed by atoms with Gasteiger partial charge in [0.05, 0.1) is 12.5 Å². The summed E-state index contributed by atoms with van der Waals surface area (Å²) < 4.78 is 5.06. The molecular formula is C13H23NO2. The van der Waals surface area contributed by atoms with Gasteiger partial charge in [0.2, 0.25) is 0 Å². The predicted octanol–water partition coefficient (Wildman–Crippen LogP) is 2.73. The molecule has 0 saturated heterocycles. The van der Waals surface area contributed by atoms with Gasteiger partial charge in [-0.1, -0.05) is 13.8 Å². The maximum absolute atomic E-state index is 8.82. The quantitative estimate of drug-likeness (QED) is 0.750. The number of nitrogens with one attached hydrogen (secondary N) is 1. The van der Waals surface area contributed by atoms with Gasteiger partial charge in [0.1, 0.15) is 0 Å². The van der Waals surface area contributed by atoms with Gasteiger partial charge < -0.3 is 14.8 Å². The molecule has 1 rings (SSSR count). The van der Waals surface area contributed by atoms with Gasteiger partial charge >= 0.3 is 0 Å². The van der Waals surface area contributed by atoms with Crippen LogP contribution in [0.3, 0.4) is 0 Å². The van der Waals surface area contributed by atoms with Crippen LogP contribution < -0.4 is 5.32 Å². The molecule has 0 saturated carbocycles. The molecule has 0 radical (unpaired) electrons. The first-order valence-electron chi connectivity index (χ1n) is 5.91. The van der Waals surface area contributed by atoms with Gasteiger partial charge in [0.25, 0.3) is 0 Å². The van der Waals surface area contributed by atoms with Crippen LogP contribution >= 0.6 is 0 Å². The molecule has 1 atom stereocenters. The monoisotopic (exact) mass is 225 g/mol. The van der Waals surface area contributed by atoms with E-state index in [9.17, 15) is 0 Å². The highest BCUT2D eigenvalue weighted by atomic mass is 16.3. The molecule has 0 bridgehead atoms. The Morgan fingerprint density at radius 3 is 2.81 bits per heavy atom. The third-order valence-electron chi connectivity index (χ3n) is 2.94. The largest absolute Gasteiger partial charge is 0.472 e. The van der Waals surface area contributed by atoms with E-state index >= 15 is 0 Å². The van der Waals surface area contributed by atoms with Crippen LogP contribution in [0.4, 0.5) is 0 Å². The highest BCUT2D eigenvalue weighted by Gasteiger charge is 2.18. The summed E-state index contributed by atoms with van der Waals surface area (Å²) in [5, 5.41) is 12.3. The molecule has 1 unspecified atom stereocenters. The summed E-state index contributed by atoms with van der Waals surface area (Å²) in [6.07, 6.45) is 5.38. The first-order chi connectivity index (χ1) is 7.55. The van der Waals surface area contributed by atoms with Crippen LogP contribution in [0.15, 0.2) is 23.0 Å². The summed E-state index contributed by atoms with van der Waals surface area (Å²) in [5.74, 6) is 0. The number of hydrogen-bond donors (Lipinski definition) is 2. The highest BCUT2D eigenvalue weighted by molar-refractivity contribution is 5.10. The third-order valence-corrected chi connectivity index (χ3v) is 2.94. The van der Waals surface area contributed by atoms with Crippen LogP contribution in [0.25, 0.3) is 0 Å². The van der Waals surface area contributed by atoms with Gasteiger partial charge in [0.15, 0.2) is 0 Å². The zero-order chi connectivity index (χ0) is 12.0. The Bertz CT molecular complexity index is 280. The number of aliphatic hydroxyl groups is 1. The fraction of sp³-hybridized carbons (Fsp3) is 0.692. The van der Waals surface area contributed by atoms with E-state index in [1.54, 1.807) is 12.5 Å². The number of furan rings is 1. The second kappa shape index (κ2) is 6.06. The van der Waals surface area contributed by atoms with Gasteiger partial charge in [-0.2, -0.15) is 0 Å². The van der Waals surface area contributed by atoms with Crippen LogP contribution in [-0.2, 0) is 0 Å². The smallest absolute Gasteiger partial charge is 0.0950 e. The number of aliphatic hydroxyl groups excluding tert-OH is 1. The van der Waals surface area contributed by atoms with E-state index in [0.717, 1.165) is 19.4 Å². The minimum Gasteiger partial charge on any atom is -0.472 e. The molecule has 92 valence electrons. The molecule has 0 aliphatic heterocycles. The predicted molar refractivity (Wildman–Crippen MR) is 65.2 cm³/mol. The summed E-state index contributed by atoms with van der Waals surface area (Å²) in [7, 11) is 0. The van der Waals surface area contributed by atoms with Crippen LogP contribution in [0.1, 0.15) is 45.2 Å². The molecule has 0 aliphatic carbocycles. The van der Waals surface area contributed by atoms with Crippen molar-refractivity contribution in [2.75, 3.05) is 13.2 Å². The molecule has 0 fully saturated rings. The summed E-state index contributed by atoms with van der Waals surface area (Å²) in [6.45, 7) is 7.79. The van der Waals surface area contributed by atoms with E-state index in [-0.39, 0.29) is 12.0 Å². The topological polar surface area (TPSA) is 45.4 Å². The Morgan fingerprint density at radius 2 is 2.25 bits per heavy atom. The molecule has 0 aromatic carbocycles. The van der Waals surface area contributed by atoms with E-state index in [1.807, 2.05) is 6.07 Å². The lowest BCUT2D eigenvalue weighted by molar-refractivity contribution is 0.233. The molecule has 2 N–H and O–H groups in total. The second-order valence-corrected chi connectivity index (χ2v) is 5.15. The van der Waals surface area contributed by atoms with Crippen molar-refractivity contribution < 1.29 is 9.52 Å². The normalized spacial score (nSPS) is 14.0. The summed E-state index contributed by atoms with van der Waals surface area (Å²) >= 11 is 0. The van der Waals surface area contributed by atoms with Crippen molar-refractivity contribution in [2.24, 2.45) is 5.41 Å². The zero-order valence-electron chi connectivity index (χ0n) is 10.5. The van der Waals surface area contributed by atoms with E-state index < -0.39 is 0 Å². The fourth-order valence-electron chi connectivity index (χ4n) is 1.71. The summed E-state index contributed by atoms with van der Waals surface area (Å²) in [4.78, 5) is 0. The van der Waals surface area contributed by atoms with Gasteiger partial charge in [-0.25, -0.2) is 0 Å². The lowest BCUT2D eigenvalue weighted by atomic mass is 9.87. The Balaban J connectivity index is 2.33. The number of rotatable bonds is 7. The summed E-state index contributed by atoms with van der Waals surface area (Å²) in [5.41, 5.74) is 1.40. The number of hydrogen-bond acceptors (Lipinski definition) is 3. The molecule has 1 aromatic heterocycles. The van der Waals surface area contributed by atoms with Crippen molar-refractivity contribution in [3.63, 3.8) is 0 Å². The Morgan fingerprint density at radius 1 is 1.50 bits per heavy atom. The van der Waals surface area contributed by atoms with Crippen molar-refractivity contribution >= 4 is 0 Å². The molecule has 3 nitrogen and oxygen atoms in total. The van der Waals surface area contributed by atoms with Crippen molar-refractivity contribution in [3.05, 3.63) is 24.2 Å². The SMILES string of the molecule is CC(NCC(C)(C)CCCO)c1ccoc1. The lowest BCUT2D eigenvalue weighted by Gasteiger charge is -2.26. The fourth-order valence-corrected chi connectivity index (χ4v) is 1.71. The van der Waals surface area contributed by atoms with Gasteiger partial charge in [-0.15, -0.1) is 0 Å². The average Bonchev–Trinajstić information content (AvgIpc) is 2.77. The maximum atomic E-state index is 8.82. The minimum atomic E-state index is 0.223. The van der Waals surface area contributed by atoms with Crippen LogP contribution in [0.5, 0.6) is 0 Å². The molecule has 0 aliphatic rings. The second-order valence-electron chi connectivity index (χ2n) is 5.15. The van der Waals surface area contributed by atoms with Crippen molar-refractivity contribution in [1.29, 1.82) is 0 Å². The van der Waals surface area contributed by atoms with Crippen molar-refractivity contribution in [1.82, 2.24) is 5.32 Å². The van der Waals surface area contributed by atoms with Crippen LogP contribution in [0, 0.1) is 5.41 Å². The van der Waals surface area contributed by atoms with Gasteiger partial charge in [-0.3, -0.25) is 0 Å². The molecular weight excluding hydrogens is 202 g/mol. The first kappa shape index (κ1) is 13.3. The Hall–Kier alpha value is -0.800. The van der Waals surface area contributed by atoms with E-state index in [4.69, 9.17) is 9.52 Å². The molecule has 1 heterocycles.